The fraction of sp³-hybridized carbons (Fsp3) is 0.350. The summed E-state index contributed by atoms with van der Waals surface area (Å²) >= 11 is 2.50. The maximum atomic E-state index is 12.7. The molecule has 0 unspecified atom stereocenters. The highest BCUT2D eigenvalue weighted by atomic mass is 32.2. The van der Waals surface area contributed by atoms with E-state index in [-0.39, 0.29) is 10.9 Å². The van der Waals surface area contributed by atoms with Crippen molar-refractivity contribution in [3.05, 3.63) is 40.3 Å². The molecule has 32 heavy (non-hydrogen) atoms. The predicted octanol–water partition coefficient (Wildman–Crippen LogP) is 3.12. The Balaban J connectivity index is 1.48. The van der Waals surface area contributed by atoms with Crippen LogP contribution < -0.4 is 5.32 Å². The van der Waals surface area contributed by atoms with E-state index in [9.17, 15) is 18.0 Å². The van der Waals surface area contributed by atoms with Crippen molar-refractivity contribution in [3.63, 3.8) is 0 Å². The van der Waals surface area contributed by atoms with Gasteiger partial charge in [0.2, 0.25) is 10.0 Å². The van der Waals surface area contributed by atoms with Crippen molar-refractivity contribution in [1.29, 1.82) is 0 Å². The summed E-state index contributed by atoms with van der Waals surface area (Å²) in [6.45, 7) is 5.22. The Kier molecular flexibility index (Phi) is 6.58. The number of amides is 1. The van der Waals surface area contributed by atoms with Crippen molar-refractivity contribution in [3.8, 4) is 0 Å². The van der Waals surface area contributed by atoms with Gasteiger partial charge in [0.25, 0.3) is 5.91 Å². The summed E-state index contributed by atoms with van der Waals surface area (Å²) in [5.41, 5.74) is 1.09. The monoisotopic (exact) mass is 495 g/mol. The first-order chi connectivity index (χ1) is 15.3. The van der Waals surface area contributed by atoms with Gasteiger partial charge in [-0.05, 0) is 43.7 Å². The van der Waals surface area contributed by atoms with E-state index < -0.39 is 15.9 Å². The van der Waals surface area contributed by atoms with Gasteiger partial charge in [-0.2, -0.15) is 4.31 Å². The number of fused-ring (bicyclic) bond motifs is 1. The van der Waals surface area contributed by atoms with Crippen molar-refractivity contribution in [2.45, 2.75) is 18.7 Å². The zero-order chi connectivity index (χ0) is 22.9. The van der Waals surface area contributed by atoms with E-state index in [1.54, 1.807) is 6.92 Å². The zero-order valence-corrected chi connectivity index (χ0v) is 19.9. The molecule has 1 aromatic carbocycles. The minimum Gasteiger partial charge on any atom is -0.462 e. The minimum atomic E-state index is -3.62. The number of carbonyl (C=O) groups is 2. The topological polar surface area (TPSA) is 115 Å². The lowest BCUT2D eigenvalue weighted by atomic mass is 10.2. The summed E-state index contributed by atoms with van der Waals surface area (Å²) in [7, 11) is -3.62. The third kappa shape index (κ3) is 4.41. The van der Waals surface area contributed by atoms with Gasteiger partial charge in [0.05, 0.1) is 29.4 Å². The molecule has 1 N–H and O–H groups in total. The molecule has 0 atom stereocenters. The summed E-state index contributed by atoms with van der Waals surface area (Å²) in [5.74, 6) is -0.775. The highest BCUT2D eigenvalue weighted by Crippen LogP contribution is 2.37. The standard InChI is InChI=1S/C20H21N3O6S3/c1-3-29-19(25)16-12(2)15-18(30-16)22-20(31-15)21-17(24)13-4-6-14(7-5-13)32(26,27)23-8-10-28-11-9-23/h4-7H,3,8-11H2,1-2H3,(H,21,22,24). The molecule has 1 fully saturated rings. The number of anilines is 1. The fourth-order valence-electron chi connectivity index (χ4n) is 3.22. The molecule has 0 bridgehead atoms. The van der Waals surface area contributed by atoms with E-state index >= 15 is 0 Å². The quantitative estimate of drug-likeness (QED) is 0.523. The number of hydrogen-bond acceptors (Lipinski definition) is 9. The van der Waals surface area contributed by atoms with Crippen LogP contribution >= 0.6 is 22.7 Å². The van der Waals surface area contributed by atoms with Crippen LogP contribution in [0.1, 0.15) is 32.5 Å². The van der Waals surface area contributed by atoms with Crippen molar-refractivity contribution >= 4 is 59.2 Å². The van der Waals surface area contributed by atoms with Crippen LogP contribution in [0.3, 0.4) is 0 Å². The van der Waals surface area contributed by atoms with E-state index in [2.05, 4.69) is 10.3 Å². The number of ether oxygens (including phenoxy) is 2. The molecular formula is C20H21N3O6S3. The molecule has 1 amide bonds. The first-order valence-corrected chi connectivity index (χ1v) is 12.9. The minimum absolute atomic E-state index is 0.132. The average molecular weight is 496 g/mol. The number of rotatable bonds is 6. The number of esters is 1. The van der Waals surface area contributed by atoms with Crippen LogP contribution in [-0.4, -0.2) is 62.5 Å². The van der Waals surface area contributed by atoms with Gasteiger partial charge < -0.3 is 9.47 Å². The molecule has 2 aromatic heterocycles. The van der Waals surface area contributed by atoms with Crippen molar-refractivity contribution in [2.75, 3.05) is 38.2 Å². The second-order valence-corrected chi connectivity index (χ2v) is 10.9. The van der Waals surface area contributed by atoms with Crippen LogP contribution in [0.2, 0.25) is 0 Å². The third-order valence-electron chi connectivity index (χ3n) is 4.88. The first kappa shape index (κ1) is 22.8. The van der Waals surface area contributed by atoms with Crippen LogP contribution in [0.25, 0.3) is 9.53 Å². The zero-order valence-electron chi connectivity index (χ0n) is 17.4. The Hall–Kier alpha value is -2.38. The van der Waals surface area contributed by atoms with Gasteiger partial charge in [0.15, 0.2) is 5.13 Å². The van der Waals surface area contributed by atoms with E-state index in [1.165, 1.54) is 51.2 Å². The number of thiazole rings is 1. The van der Waals surface area contributed by atoms with E-state index in [0.29, 0.717) is 53.3 Å². The number of nitrogens with one attached hydrogen (secondary N) is 1. The Morgan fingerprint density at radius 1 is 1.19 bits per heavy atom. The van der Waals surface area contributed by atoms with Gasteiger partial charge in [-0.3, -0.25) is 10.1 Å². The maximum absolute atomic E-state index is 12.7. The van der Waals surface area contributed by atoms with Crippen LogP contribution in [0, 0.1) is 6.92 Å². The van der Waals surface area contributed by atoms with Gasteiger partial charge in [-0.1, -0.05) is 11.3 Å². The molecule has 4 rings (SSSR count). The number of morpholine rings is 1. The highest BCUT2D eigenvalue weighted by Gasteiger charge is 2.26. The molecule has 0 aliphatic carbocycles. The summed E-state index contributed by atoms with van der Waals surface area (Å²) in [5, 5.41) is 3.14. The van der Waals surface area contributed by atoms with Crippen molar-refractivity contribution in [2.24, 2.45) is 0 Å². The molecule has 0 radical (unpaired) electrons. The summed E-state index contributed by atoms with van der Waals surface area (Å²) < 4.78 is 37.9. The average Bonchev–Trinajstić information content (AvgIpc) is 3.33. The smallest absolute Gasteiger partial charge is 0.348 e. The number of carbonyl (C=O) groups excluding carboxylic acids is 2. The van der Waals surface area contributed by atoms with Gasteiger partial charge in [-0.25, -0.2) is 18.2 Å². The molecule has 1 saturated heterocycles. The van der Waals surface area contributed by atoms with E-state index in [1.807, 2.05) is 6.92 Å². The number of benzene rings is 1. The molecule has 9 nitrogen and oxygen atoms in total. The first-order valence-electron chi connectivity index (χ1n) is 9.87. The predicted molar refractivity (Wildman–Crippen MR) is 122 cm³/mol. The molecule has 1 aliphatic heterocycles. The lowest BCUT2D eigenvalue weighted by molar-refractivity contribution is 0.0531. The van der Waals surface area contributed by atoms with Crippen molar-refractivity contribution < 1.29 is 27.5 Å². The Morgan fingerprint density at radius 2 is 1.88 bits per heavy atom. The molecule has 3 aromatic rings. The lowest BCUT2D eigenvalue weighted by Gasteiger charge is -2.26. The van der Waals surface area contributed by atoms with Gasteiger partial charge in [-0.15, -0.1) is 11.3 Å². The third-order valence-corrected chi connectivity index (χ3v) is 9.18. The van der Waals surface area contributed by atoms with Gasteiger partial charge in [0, 0.05) is 18.7 Å². The summed E-state index contributed by atoms with van der Waals surface area (Å²) in [4.78, 5) is 30.3. The summed E-state index contributed by atoms with van der Waals surface area (Å²) in [6.07, 6.45) is 0. The number of sulfonamides is 1. The number of nitrogens with zero attached hydrogens (tertiary/aromatic N) is 2. The van der Waals surface area contributed by atoms with Crippen molar-refractivity contribution in [1.82, 2.24) is 9.29 Å². The van der Waals surface area contributed by atoms with Gasteiger partial charge in [0.1, 0.15) is 9.71 Å². The SMILES string of the molecule is CCOC(=O)c1sc2nc(NC(=O)c3ccc(S(=O)(=O)N4CCOCC4)cc3)sc2c1C. The Bertz CT molecular complexity index is 1260. The van der Waals surface area contributed by atoms with Crippen LogP contribution in [-0.2, 0) is 19.5 Å². The molecule has 12 heteroatoms. The number of thiophene rings is 1. The highest BCUT2D eigenvalue weighted by molar-refractivity contribution is 7.89. The molecule has 1 aliphatic rings. The molecule has 0 spiro atoms. The Labute approximate surface area is 193 Å². The maximum Gasteiger partial charge on any atom is 0.348 e. The molecular weight excluding hydrogens is 474 g/mol. The van der Waals surface area contributed by atoms with Crippen LogP contribution in [0.15, 0.2) is 29.2 Å². The Morgan fingerprint density at radius 3 is 2.50 bits per heavy atom. The number of aryl methyl sites for hydroxylation is 1. The van der Waals surface area contributed by atoms with Gasteiger partial charge >= 0.3 is 5.97 Å². The molecule has 170 valence electrons. The second-order valence-electron chi connectivity index (χ2n) is 6.92. The second kappa shape index (κ2) is 9.24. The van der Waals surface area contributed by atoms with Crippen LogP contribution in [0.5, 0.6) is 0 Å². The number of aromatic nitrogens is 1. The summed E-state index contributed by atoms with van der Waals surface area (Å²) in [6, 6.07) is 5.80. The van der Waals surface area contributed by atoms with E-state index in [0.717, 1.165) is 10.3 Å². The fourth-order valence-corrected chi connectivity index (χ4v) is 6.83. The largest absolute Gasteiger partial charge is 0.462 e. The lowest BCUT2D eigenvalue weighted by Crippen LogP contribution is -2.40. The van der Waals surface area contributed by atoms with Crippen LogP contribution in [0.4, 0.5) is 5.13 Å². The van der Waals surface area contributed by atoms with E-state index in [4.69, 9.17) is 9.47 Å². The molecule has 0 saturated carbocycles. The normalized spacial score (nSPS) is 15.1. The molecule has 3 heterocycles. The number of hydrogen-bond donors (Lipinski definition) is 1.